The molecule has 0 aliphatic heterocycles. The molecule has 0 fully saturated rings. The number of nitro groups is 1. The van der Waals surface area contributed by atoms with E-state index >= 15 is 0 Å². The molecule has 0 radical (unpaired) electrons. The second-order valence-electron chi connectivity index (χ2n) is 4.16. The van der Waals surface area contributed by atoms with Crippen LogP contribution in [0.15, 0.2) is 15.8 Å². The van der Waals surface area contributed by atoms with Crippen molar-refractivity contribution in [3.05, 3.63) is 37.1 Å². The smallest absolute Gasteiger partial charge is 0.300 e. The van der Waals surface area contributed by atoms with Crippen LogP contribution in [0, 0.1) is 10.1 Å². The Hall–Kier alpha value is -2.25. The molecule has 0 aromatic carbocycles. The van der Waals surface area contributed by atoms with Crippen molar-refractivity contribution in [1.29, 1.82) is 0 Å². The first kappa shape index (κ1) is 14.8. The molecule has 0 N–H and O–H groups in total. The molecule has 1 rings (SSSR count). The van der Waals surface area contributed by atoms with Gasteiger partial charge in [0.1, 0.15) is 5.78 Å². The van der Waals surface area contributed by atoms with Gasteiger partial charge in [-0.1, -0.05) is 6.92 Å². The molecular weight excluding hydrogens is 254 g/mol. The van der Waals surface area contributed by atoms with Crippen molar-refractivity contribution < 1.29 is 9.72 Å². The highest BCUT2D eigenvalue weighted by Gasteiger charge is 2.19. The monoisotopic (exact) mass is 269 g/mol. The topological polar surface area (TPSA) is 104 Å². The lowest BCUT2D eigenvalue weighted by Crippen LogP contribution is -2.40. The quantitative estimate of drug-likeness (QED) is 0.546. The van der Waals surface area contributed by atoms with Crippen LogP contribution in [0.25, 0.3) is 0 Å². The molecule has 0 bridgehead atoms. The second kappa shape index (κ2) is 6.07. The lowest BCUT2D eigenvalue weighted by Gasteiger charge is -2.08. The van der Waals surface area contributed by atoms with Gasteiger partial charge in [0.05, 0.1) is 11.1 Å². The van der Waals surface area contributed by atoms with Gasteiger partial charge in [0.15, 0.2) is 0 Å². The Morgan fingerprint density at radius 1 is 1.37 bits per heavy atom. The van der Waals surface area contributed by atoms with Gasteiger partial charge in [-0.2, -0.15) is 0 Å². The fraction of sp³-hybridized carbons (Fsp3) is 0.545. The highest BCUT2D eigenvalue weighted by Crippen LogP contribution is 2.01. The standard InChI is InChI=1S/C11H15N3O5/c1-3-5-12-7-9(14(18)19)10(16)13(11(12)17)6-4-8(2)15/h7H,3-6H2,1-2H3. The Morgan fingerprint density at radius 2 is 2.00 bits per heavy atom. The molecule has 0 aliphatic rings. The van der Waals surface area contributed by atoms with Gasteiger partial charge in [-0.3, -0.25) is 28.8 Å². The number of rotatable bonds is 6. The summed E-state index contributed by atoms with van der Waals surface area (Å²) >= 11 is 0. The Kier molecular flexibility index (Phi) is 4.74. The maximum atomic E-state index is 12.0. The van der Waals surface area contributed by atoms with Crippen LogP contribution < -0.4 is 11.2 Å². The zero-order chi connectivity index (χ0) is 14.6. The van der Waals surface area contributed by atoms with E-state index in [4.69, 9.17) is 0 Å². The molecule has 8 heteroatoms. The maximum Gasteiger partial charge on any atom is 0.350 e. The SMILES string of the molecule is CCCn1cc([N+](=O)[O-])c(=O)n(CCC(C)=O)c1=O. The molecule has 0 spiro atoms. The number of hydrogen-bond donors (Lipinski definition) is 0. The summed E-state index contributed by atoms with van der Waals surface area (Å²) in [6, 6.07) is 0. The van der Waals surface area contributed by atoms with E-state index in [1.165, 1.54) is 6.92 Å². The van der Waals surface area contributed by atoms with Crippen LogP contribution in [-0.4, -0.2) is 19.8 Å². The molecule has 0 atom stereocenters. The number of aromatic nitrogens is 2. The fourth-order valence-electron chi connectivity index (χ4n) is 1.63. The summed E-state index contributed by atoms with van der Waals surface area (Å²) in [7, 11) is 0. The summed E-state index contributed by atoms with van der Waals surface area (Å²) < 4.78 is 1.87. The third kappa shape index (κ3) is 3.36. The number of aryl methyl sites for hydroxylation is 1. The van der Waals surface area contributed by atoms with E-state index in [2.05, 4.69) is 0 Å². The first-order valence-corrected chi connectivity index (χ1v) is 5.86. The van der Waals surface area contributed by atoms with Crippen molar-refractivity contribution in [1.82, 2.24) is 9.13 Å². The molecule has 0 aliphatic carbocycles. The van der Waals surface area contributed by atoms with E-state index in [-0.39, 0.29) is 25.3 Å². The summed E-state index contributed by atoms with van der Waals surface area (Å²) in [6.07, 6.45) is 1.54. The van der Waals surface area contributed by atoms with Crippen LogP contribution in [0.3, 0.4) is 0 Å². The highest BCUT2D eigenvalue weighted by molar-refractivity contribution is 5.75. The minimum atomic E-state index is -0.969. The minimum Gasteiger partial charge on any atom is -0.300 e. The Labute approximate surface area is 108 Å². The normalized spacial score (nSPS) is 10.4. The van der Waals surface area contributed by atoms with E-state index in [1.807, 2.05) is 6.92 Å². The largest absolute Gasteiger partial charge is 0.350 e. The molecule has 8 nitrogen and oxygen atoms in total. The highest BCUT2D eigenvalue weighted by atomic mass is 16.6. The van der Waals surface area contributed by atoms with Gasteiger partial charge in [-0.15, -0.1) is 0 Å². The van der Waals surface area contributed by atoms with E-state index in [9.17, 15) is 24.5 Å². The van der Waals surface area contributed by atoms with Crippen molar-refractivity contribution in [2.45, 2.75) is 39.8 Å². The van der Waals surface area contributed by atoms with Gasteiger partial charge in [0.2, 0.25) is 0 Å². The average molecular weight is 269 g/mol. The molecule has 0 saturated heterocycles. The number of Topliss-reactive ketones (excluding diaryl/α,β-unsaturated/α-hetero) is 1. The van der Waals surface area contributed by atoms with Crippen LogP contribution in [0.4, 0.5) is 5.69 Å². The van der Waals surface area contributed by atoms with E-state index in [0.29, 0.717) is 6.42 Å². The van der Waals surface area contributed by atoms with Gasteiger partial charge < -0.3 is 0 Å². The predicted molar refractivity (Wildman–Crippen MR) is 67.2 cm³/mol. The molecule has 1 aromatic heterocycles. The van der Waals surface area contributed by atoms with Gasteiger partial charge >= 0.3 is 16.9 Å². The third-order valence-electron chi connectivity index (χ3n) is 2.57. The minimum absolute atomic E-state index is 0.0115. The number of hydrogen-bond acceptors (Lipinski definition) is 5. The van der Waals surface area contributed by atoms with Gasteiger partial charge in [-0.05, 0) is 13.3 Å². The molecule has 0 saturated carbocycles. The van der Waals surface area contributed by atoms with Crippen molar-refractivity contribution in [3.63, 3.8) is 0 Å². The molecule has 1 aromatic rings. The zero-order valence-corrected chi connectivity index (χ0v) is 10.8. The van der Waals surface area contributed by atoms with Crippen molar-refractivity contribution >= 4 is 11.5 Å². The summed E-state index contributed by atoms with van der Waals surface area (Å²) in [5.41, 5.74) is -2.25. The predicted octanol–water partition coefficient (Wildman–Crippen LogP) is 0.307. The van der Waals surface area contributed by atoms with Crippen LogP contribution in [0.2, 0.25) is 0 Å². The van der Waals surface area contributed by atoms with Gasteiger partial charge in [0.25, 0.3) is 0 Å². The lowest BCUT2D eigenvalue weighted by atomic mass is 10.3. The first-order valence-electron chi connectivity index (χ1n) is 5.86. The number of carbonyl (C=O) groups is 1. The van der Waals surface area contributed by atoms with Crippen LogP contribution in [0.1, 0.15) is 26.7 Å². The second-order valence-corrected chi connectivity index (χ2v) is 4.16. The number of ketones is 1. The molecule has 19 heavy (non-hydrogen) atoms. The molecule has 0 amide bonds. The summed E-state index contributed by atoms with van der Waals surface area (Å²) in [4.78, 5) is 44.6. The van der Waals surface area contributed by atoms with Crippen LogP contribution in [-0.2, 0) is 17.9 Å². The van der Waals surface area contributed by atoms with Crippen molar-refractivity contribution in [3.8, 4) is 0 Å². The molecule has 104 valence electrons. The molecule has 1 heterocycles. The Bertz CT molecular complexity index is 614. The molecule has 0 unspecified atom stereocenters. The first-order chi connectivity index (χ1) is 8.88. The zero-order valence-electron chi connectivity index (χ0n) is 10.8. The van der Waals surface area contributed by atoms with Crippen molar-refractivity contribution in [2.75, 3.05) is 0 Å². The average Bonchev–Trinajstić information content (AvgIpc) is 2.31. The summed E-state index contributed by atoms with van der Waals surface area (Å²) in [5, 5.41) is 10.8. The van der Waals surface area contributed by atoms with Crippen LogP contribution in [0.5, 0.6) is 0 Å². The van der Waals surface area contributed by atoms with Gasteiger partial charge in [-0.25, -0.2) is 4.79 Å². The van der Waals surface area contributed by atoms with E-state index < -0.39 is 21.9 Å². The lowest BCUT2D eigenvalue weighted by molar-refractivity contribution is -0.387. The van der Waals surface area contributed by atoms with Crippen molar-refractivity contribution in [2.24, 2.45) is 0 Å². The van der Waals surface area contributed by atoms with Crippen LogP contribution >= 0.6 is 0 Å². The Balaban J connectivity index is 3.41. The number of carbonyl (C=O) groups excluding carboxylic acids is 1. The fourth-order valence-corrected chi connectivity index (χ4v) is 1.63. The van der Waals surface area contributed by atoms with E-state index in [0.717, 1.165) is 15.3 Å². The number of nitrogens with zero attached hydrogens (tertiary/aromatic N) is 3. The Morgan fingerprint density at radius 3 is 2.47 bits per heavy atom. The summed E-state index contributed by atoms with van der Waals surface area (Å²) in [5.74, 6) is -0.195. The summed E-state index contributed by atoms with van der Waals surface area (Å²) in [6.45, 7) is 3.27. The third-order valence-corrected chi connectivity index (χ3v) is 2.57. The molecular formula is C11H15N3O5. The van der Waals surface area contributed by atoms with E-state index in [1.54, 1.807) is 0 Å². The maximum absolute atomic E-state index is 12.0. The van der Waals surface area contributed by atoms with Gasteiger partial charge in [0, 0.05) is 19.5 Å².